The SMILES string of the molecule is COC1OC(CS(=O)(=O)Oc2ccc([C@@H]3[C@@H](CCC(O)c4ccc(F)cc4)CN3c3ccc(F)cc3)cc2)C(O)C(O)C1O. The molecule has 5 rings (SSSR count). The van der Waals surface area contributed by atoms with Crippen molar-refractivity contribution in [2.75, 3.05) is 24.3 Å². The number of aliphatic hydroxyl groups excluding tert-OH is 4. The maximum Gasteiger partial charge on any atom is 0.311 e. The van der Waals surface area contributed by atoms with E-state index in [1.807, 2.05) is 0 Å². The van der Waals surface area contributed by atoms with E-state index < -0.39 is 52.7 Å². The molecule has 2 fully saturated rings. The van der Waals surface area contributed by atoms with Gasteiger partial charge >= 0.3 is 10.1 Å². The summed E-state index contributed by atoms with van der Waals surface area (Å²) in [6.45, 7) is 0.645. The fourth-order valence-electron chi connectivity index (χ4n) is 5.76. The maximum atomic E-state index is 13.6. The lowest BCUT2D eigenvalue weighted by Crippen LogP contribution is -2.59. The zero-order valence-electron chi connectivity index (χ0n) is 23.8. The van der Waals surface area contributed by atoms with Gasteiger partial charge in [-0.2, -0.15) is 8.42 Å². The van der Waals surface area contributed by atoms with E-state index in [0.717, 1.165) is 11.3 Å². The molecule has 3 aromatic carbocycles. The smallest absolute Gasteiger partial charge is 0.311 e. The first-order valence-electron chi connectivity index (χ1n) is 14.2. The summed E-state index contributed by atoms with van der Waals surface area (Å²) in [5.74, 6) is -1.43. The van der Waals surface area contributed by atoms with Crippen molar-refractivity contribution >= 4 is 15.8 Å². The molecular formula is C31H35F2NO9S. The molecule has 13 heteroatoms. The molecule has 238 valence electrons. The average molecular weight is 636 g/mol. The number of methoxy groups -OCH3 is 1. The van der Waals surface area contributed by atoms with Gasteiger partial charge in [0.1, 0.15) is 47.6 Å². The van der Waals surface area contributed by atoms with Crippen LogP contribution in [-0.4, -0.2) is 79.0 Å². The lowest BCUT2D eigenvalue weighted by molar-refractivity contribution is -0.285. The van der Waals surface area contributed by atoms with E-state index in [1.54, 1.807) is 36.4 Å². The van der Waals surface area contributed by atoms with Crippen molar-refractivity contribution in [1.82, 2.24) is 0 Å². The van der Waals surface area contributed by atoms with Gasteiger partial charge in [0.2, 0.25) is 0 Å². The van der Waals surface area contributed by atoms with Crippen LogP contribution in [0.5, 0.6) is 5.75 Å². The molecule has 2 saturated heterocycles. The Labute approximate surface area is 254 Å². The molecule has 0 radical (unpaired) electrons. The van der Waals surface area contributed by atoms with Crippen LogP contribution in [0.1, 0.15) is 36.1 Å². The summed E-state index contributed by atoms with van der Waals surface area (Å²) in [5.41, 5.74) is 2.27. The van der Waals surface area contributed by atoms with Crippen molar-refractivity contribution in [1.29, 1.82) is 0 Å². The Bertz CT molecular complexity index is 1490. The highest BCUT2D eigenvalue weighted by molar-refractivity contribution is 7.87. The molecule has 0 aliphatic carbocycles. The Morgan fingerprint density at radius 2 is 1.52 bits per heavy atom. The van der Waals surface area contributed by atoms with Crippen molar-refractivity contribution < 1.29 is 51.3 Å². The Balaban J connectivity index is 1.27. The molecule has 2 aliphatic rings. The van der Waals surface area contributed by atoms with Gasteiger partial charge in [-0.15, -0.1) is 0 Å². The molecule has 3 aromatic rings. The molecule has 4 N–H and O–H groups in total. The van der Waals surface area contributed by atoms with Gasteiger partial charge < -0.3 is 39.0 Å². The Hall–Kier alpha value is -3.17. The zero-order valence-corrected chi connectivity index (χ0v) is 24.6. The topological polar surface area (TPSA) is 146 Å². The number of anilines is 1. The Kier molecular flexibility index (Phi) is 9.85. The van der Waals surface area contributed by atoms with Crippen LogP contribution < -0.4 is 9.08 Å². The largest absolute Gasteiger partial charge is 0.388 e. The fourth-order valence-corrected chi connectivity index (χ4v) is 6.91. The first-order valence-corrected chi connectivity index (χ1v) is 15.7. The molecule has 44 heavy (non-hydrogen) atoms. The third-order valence-corrected chi connectivity index (χ3v) is 9.33. The summed E-state index contributed by atoms with van der Waals surface area (Å²) < 4.78 is 68.0. The number of hydrogen-bond donors (Lipinski definition) is 4. The van der Waals surface area contributed by atoms with Crippen LogP contribution in [0.25, 0.3) is 0 Å². The second-order valence-electron chi connectivity index (χ2n) is 11.1. The van der Waals surface area contributed by atoms with Crippen LogP contribution in [-0.2, 0) is 19.6 Å². The van der Waals surface area contributed by atoms with E-state index in [4.69, 9.17) is 13.7 Å². The van der Waals surface area contributed by atoms with Gasteiger partial charge in [-0.1, -0.05) is 24.3 Å². The van der Waals surface area contributed by atoms with Crippen molar-refractivity contribution in [2.24, 2.45) is 5.92 Å². The van der Waals surface area contributed by atoms with Crippen molar-refractivity contribution in [2.45, 2.75) is 55.7 Å². The van der Waals surface area contributed by atoms with Crippen molar-refractivity contribution in [3.05, 3.63) is 95.6 Å². The van der Waals surface area contributed by atoms with Crippen LogP contribution in [0.15, 0.2) is 72.8 Å². The molecule has 0 spiro atoms. The lowest BCUT2D eigenvalue weighted by atomic mass is 9.79. The predicted octanol–water partition coefficient (Wildman–Crippen LogP) is 2.82. The van der Waals surface area contributed by atoms with Crippen molar-refractivity contribution in [3.63, 3.8) is 0 Å². The highest BCUT2D eigenvalue weighted by Crippen LogP contribution is 2.45. The normalized spacial score (nSPS) is 27.9. The van der Waals surface area contributed by atoms with Gasteiger partial charge in [0.15, 0.2) is 6.29 Å². The van der Waals surface area contributed by atoms with E-state index in [-0.39, 0.29) is 29.3 Å². The summed E-state index contributed by atoms with van der Waals surface area (Å²) in [5, 5.41) is 40.9. The number of rotatable bonds is 11. The number of benzene rings is 3. The van der Waals surface area contributed by atoms with E-state index in [0.29, 0.717) is 24.9 Å². The molecule has 0 saturated carbocycles. The molecule has 2 aliphatic heterocycles. The maximum absolute atomic E-state index is 13.6. The minimum Gasteiger partial charge on any atom is -0.388 e. The summed E-state index contributed by atoms with van der Waals surface area (Å²) in [6, 6.07) is 18.1. The molecule has 2 heterocycles. The number of nitrogens with zero attached hydrogens (tertiary/aromatic N) is 1. The number of hydrogen-bond acceptors (Lipinski definition) is 10. The highest BCUT2D eigenvalue weighted by Gasteiger charge is 2.46. The van der Waals surface area contributed by atoms with Gasteiger partial charge in [-0.05, 0) is 72.5 Å². The summed E-state index contributed by atoms with van der Waals surface area (Å²) in [4.78, 5) is 2.09. The van der Waals surface area contributed by atoms with Crippen LogP contribution in [0.2, 0.25) is 0 Å². The number of halogens is 2. The van der Waals surface area contributed by atoms with Gasteiger partial charge in [0, 0.05) is 25.3 Å². The number of aliphatic hydroxyl groups is 4. The second-order valence-corrected chi connectivity index (χ2v) is 12.7. The first kappa shape index (κ1) is 32.2. The minimum absolute atomic E-state index is 0.0128. The third-order valence-electron chi connectivity index (χ3n) is 8.15. The predicted molar refractivity (Wildman–Crippen MR) is 155 cm³/mol. The molecule has 0 bridgehead atoms. The standard InChI is InChI=1S/C31H35F2NO9S/c1-41-31-30(38)29(37)28(36)26(42-31)17-44(39,40)43-24-13-4-19(5-14-24)27-20(16-34(27)23-11-9-22(33)10-12-23)6-15-25(35)18-2-7-21(32)8-3-18/h2-5,7-14,20,25-31,35-38H,6,15-17H2,1H3/t20-,25?,26?,27+,28?,29?,30?,31?/m0/s1. The van der Waals surface area contributed by atoms with E-state index in [2.05, 4.69) is 4.90 Å². The van der Waals surface area contributed by atoms with E-state index in [1.165, 1.54) is 43.5 Å². The van der Waals surface area contributed by atoms with Crippen LogP contribution in [0.4, 0.5) is 14.5 Å². The van der Waals surface area contributed by atoms with E-state index >= 15 is 0 Å². The fraction of sp³-hybridized carbons (Fsp3) is 0.419. The third kappa shape index (κ3) is 7.20. The van der Waals surface area contributed by atoms with Gasteiger partial charge in [0.25, 0.3) is 0 Å². The number of ether oxygens (including phenoxy) is 2. The van der Waals surface area contributed by atoms with Crippen LogP contribution in [0, 0.1) is 17.6 Å². The summed E-state index contributed by atoms with van der Waals surface area (Å²) in [7, 11) is -3.10. The molecule has 6 unspecified atom stereocenters. The molecule has 0 amide bonds. The summed E-state index contributed by atoms with van der Waals surface area (Å²) >= 11 is 0. The Morgan fingerprint density at radius 3 is 2.14 bits per heavy atom. The van der Waals surface area contributed by atoms with E-state index in [9.17, 15) is 37.6 Å². The Morgan fingerprint density at radius 1 is 0.909 bits per heavy atom. The quantitative estimate of drug-likeness (QED) is 0.232. The first-order chi connectivity index (χ1) is 21.0. The zero-order chi connectivity index (χ0) is 31.6. The van der Waals surface area contributed by atoms with Gasteiger partial charge in [-0.3, -0.25) is 0 Å². The average Bonchev–Trinajstić information content (AvgIpc) is 2.98. The molecule has 10 nitrogen and oxygen atoms in total. The highest BCUT2D eigenvalue weighted by atomic mass is 32.2. The van der Waals surface area contributed by atoms with Crippen LogP contribution >= 0.6 is 0 Å². The second kappa shape index (κ2) is 13.4. The molecule has 8 atom stereocenters. The molecule has 0 aromatic heterocycles. The molecular weight excluding hydrogens is 600 g/mol. The lowest BCUT2D eigenvalue weighted by Gasteiger charge is -2.50. The monoisotopic (exact) mass is 635 g/mol. The van der Waals surface area contributed by atoms with Gasteiger partial charge in [0.05, 0.1) is 12.1 Å². The summed E-state index contributed by atoms with van der Waals surface area (Å²) in [6.07, 6.45) is -7.35. The minimum atomic E-state index is -4.31. The van der Waals surface area contributed by atoms with Gasteiger partial charge in [-0.25, -0.2) is 8.78 Å². The van der Waals surface area contributed by atoms with Crippen molar-refractivity contribution in [3.8, 4) is 5.75 Å². The van der Waals surface area contributed by atoms with Crippen LogP contribution in [0.3, 0.4) is 0 Å².